The van der Waals surface area contributed by atoms with Crippen LogP contribution in [0.5, 0.6) is 0 Å². The monoisotopic (exact) mass is 607 g/mol. The number of thiophene rings is 1. The molecule has 1 aliphatic rings. The number of ether oxygens (including phenoxy) is 1. The smallest absolute Gasteiger partial charge is 0.306 e. The number of carbonyl (C=O) groups is 1. The number of carbonyl (C=O) groups excluding carboxylic acids is 1. The minimum absolute atomic E-state index is 0.000756. The molecule has 4 aromatic rings. The summed E-state index contributed by atoms with van der Waals surface area (Å²) in [4.78, 5) is 16.3. The molecule has 1 atom stereocenters. The van der Waals surface area contributed by atoms with E-state index in [0.717, 1.165) is 59.5 Å². The first-order valence-corrected chi connectivity index (χ1v) is 16.0. The van der Waals surface area contributed by atoms with E-state index < -0.39 is 16.5 Å². The van der Waals surface area contributed by atoms with E-state index in [1.165, 1.54) is 12.7 Å². The van der Waals surface area contributed by atoms with Gasteiger partial charge in [-0.2, -0.15) is 16.2 Å². The van der Waals surface area contributed by atoms with E-state index in [1.54, 1.807) is 12.1 Å². The number of thioether (sulfide) groups is 1. The second-order valence-corrected chi connectivity index (χ2v) is 13.8. The molecule has 0 radical (unpaired) electrons. The molecular weight excluding hydrogens is 573 g/mol. The second kappa shape index (κ2) is 12.7. The Bertz CT molecular complexity index is 1600. The van der Waals surface area contributed by atoms with Crippen LogP contribution in [0.15, 0.2) is 60.7 Å². The summed E-state index contributed by atoms with van der Waals surface area (Å²) in [5.74, 6) is -0.196. The molecule has 2 aromatic heterocycles. The predicted molar refractivity (Wildman–Crippen MR) is 168 cm³/mol. The molecule has 0 spiro atoms. The summed E-state index contributed by atoms with van der Waals surface area (Å²) in [6.07, 6.45) is 7.90. The van der Waals surface area contributed by atoms with Crippen molar-refractivity contribution in [3.63, 3.8) is 0 Å². The third-order valence-corrected chi connectivity index (χ3v) is 10.4. The van der Waals surface area contributed by atoms with E-state index in [1.807, 2.05) is 68.1 Å². The van der Waals surface area contributed by atoms with E-state index in [9.17, 15) is 18.7 Å². The van der Waals surface area contributed by atoms with Crippen LogP contribution in [0.3, 0.4) is 0 Å². The van der Waals surface area contributed by atoms with Gasteiger partial charge in [-0.15, -0.1) is 11.3 Å². The Morgan fingerprint density at radius 3 is 2.67 bits per heavy atom. The van der Waals surface area contributed by atoms with Crippen LogP contribution in [0.1, 0.15) is 72.7 Å². The van der Waals surface area contributed by atoms with Crippen LogP contribution in [0.25, 0.3) is 22.4 Å². The summed E-state index contributed by atoms with van der Waals surface area (Å²) in [5, 5.41) is 10.1. The molecule has 1 saturated carbocycles. The van der Waals surface area contributed by atoms with Crippen molar-refractivity contribution >= 4 is 51.4 Å². The zero-order valence-electron chi connectivity index (χ0n) is 24.0. The molecular formula is C34H35F2NO3S2. The number of esters is 1. The van der Waals surface area contributed by atoms with Gasteiger partial charge in [0.25, 0.3) is 0 Å². The lowest BCUT2D eigenvalue weighted by molar-refractivity contribution is -0.141. The number of halogens is 2. The van der Waals surface area contributed by atoms with E-state index in [2.05, 4.69) is 23.2 Å². The average Bonchev–Trinajstić information content (AvgIpc) is 3.68. The number of hydrogen-bond acceptors (Lipinski definition) is 6. The number of pyridine rings is 1. The lowest BCUT2D eigenvalue weighted by Crippen LogP contribution is -2.18. The van der Waals surface area contributed by atoms with Gasteiger partial charge in [-0.3, -0.25) is 4.79 Å². The number of methoxy groups -OCH3 is 1. The summed E-state index contributed by atoms with van der Waals surface area (Å²) in [7, 11) is 1.44. The van der Waals surface area contributed by atoms with Crippen molar-refractivity contribution < 1.29 is 23.4 Å². The fraction of sp³-hybridized carbons (Fsp3) is 0.353. The predicted octanol–water partition coefficient (Wildman–Crippen LogP) is 8.72. The molecule has 220 valence electrons. The number of aromatic nitrogens is 1. The van der Waals surface area contributed by atoms with Gasteiger partial charge in [0.15, 0.2) is 5.82 Å². The molecule has 0 aliphatic heterocycles. The Labute approximate surface area is 253 Å². The Hall–Kier alpha value is -3.07. The van der Waals surface area contributed by atoms with Crippen molar-refractivity contribution in [1.29, 1.82) is 0 Å². The molecule has 0 amide bonds. The van der Waals surface area contributed by atoms with Crippen molar-refractivity contribution in [2.75, 3.05) is 12.9 Å². The molecule has 42 heavy (non-hydrogen) atoms. The highest BCUT2D eigenvalue weighted by atomic mass is 32.2. The first-order chi connectivity index (χ1) is 20.1. The van der Waals surface area contributed by atoms with Crippen LogP contribution in [0, 0.1) is 16.4 Å². The largest absolute Gasteiger partial charge is 0.469 e. The molecule has 0 bridgehead atoms. The van der Waals surface area contributed by atoms with Gasteiger partial charge < -0.3 is 9.84 Å². The highest BCUT2D eigenvalue weighted by molar-refractivity contribution is 7.99. The van der Waals surface area contributed by atoms with E-state index in [-0.39, 0.29) is 22.2 Å². The number of aryl methyl sites for hydroxylation is 1. The Kier molecular flexibility index (Phi) is 9.16. The topological polar surface area (TPSA) is 59.4 Å². The maximum absolute atomic E-state index is 14.1. The fourth-order valence-corrected chi connectivity index (χ4v) is 7.56. The molecule has 5 rings (SSSR count). The third kappa shape index (κ3) is 7.28. The van der Waals surface area contributed by atoms with Crippen LogP contribution in [0.2, 0.25) is 0 Å². The van der Waals surface area contributed by atoms with Gasteiger partial charge in [-0.25, -0.2) is 9.37 Å². The van der Waals surface area contributed by atoms with Gasteiger partial charge in [-0.1, -0.05) is 54.6 Å². The van der Waals surface area contributed by atoms with Crippen LogP contribution < -0.4 is 0 Å². The molecule has 2 heterocycles. The number of hydrogen-bond donors (Lipinski definition) is 1. The summed E-state index contributed by atoms with van der Waals surface area (Å²) < 4.78 is 33.2. The van der Waals surface area contributed by atoms with E-state index >= 15 is 0 Å². The lowest BCUT2D eigenvalue weighted by atomic mass is 9.90. The SMILES string of the molecule is COC(=O)CC1(CSC(CCc2ccccc2C(C)(C)O)c2cccc(/C=C/c3ccc4sc(F)c(F)c4n3)c2)CC1. The van der Waals surface area contributed by atoms with Crippen LogP contribution in [-0.2, 0) is 21.6 Å². The Morgan fingerprint density at radius 2 is 1.93 bits per heavy atom. The molecule has 0 saturated heterocycles. The molecule has 4 nitrogen and oxygen atoms in total. The molecule has 1 unspecified atom stereocenters. The van der Waals surface area contributed by atoms with Crippen molar-refractivity contribution in [3.05, 3.63) is 99.6 Å². The van der Waals surface area contributed by atoms with Crippen LogP contribution in [-0.4, -0.2) is 28.9 Å². The van der Waals surface area contributed by atoms with Crippen molar-refractivity contribution in [1.82, 2.24) is 4.98 Å². The normalized spacial score (nSPS) is 15.3. The van der Waals surface area contributed by atoms with Gasteiger partial charge in [0.1, 0.15) is 5.52 Å². The minimum atomic E-state index is -0.933. The highest BCUT2D eigenvalue weighted by Crippen LogP contribution is 2.53. The minimum Gasteiger partial charge on any atom is -0.469 e. The summed E-state index contributed by atoms with van der Waals surface area (Å²) in [5.41, 5.74) is 3.88. The van der Waals surface area contributed by atoms with Gasteiger partial charge in [0.2, 0.25) is 5.13 Å². The van der Waals surface area contributed by atoms with Gasteiger partial charge in [0.05, 0.1) is 29.5 Å². The quantitative estimate of drug-likeness (QED) is 0.163. The summed E-state index contributed by atoms with van der Waals surface area (Å²) in [6, 6.07) is 19.8. The highest BCUT2D eigenvalue weighted by Gasteiger charge is 2.45. The van der Waals surface area contributed by atoms with Crippen molar-refractivity contribution in [2.24, 2.45) is 5.41 Å². The fourth-order valence-electron chi connectivity index (χ4n) is 5.25. The van der Waals surface area contributed by atoms with Crippen LogP contribution in [0.4, 0.5) is 8.78 Å². The maximum Gasteiger partial charge on any atom is 0.306 e. The first kappa shape index (κ1) is 30.4. The van der Waals surface area contributed by atoms with Gasteiger partial charge in [0, 0.05) is 11.0 Å². The average molecular weight is 608 g/mol. The van der Waals surface area contributed by atoms with Crippen LogP contribution >= 0.6 is 23.1 Å². The molecule has 8 heteroatoms. The molecule has 1 fully saturated rings. The zero-order chi connectivity index (χ0) is 29.9. The molecule has 2 aromatic carbocycles. The third-order valence-electron chi connectivity index (χ3n) is 7.84. The first-order valence-electron chi connectivity index (χ1n) is 14.1. The van der Waals surface area contributed by atoms with Crippen molar-refractivity contribution in [3.8, 4) is 0 Å². The number of fused-ring (bicyclic) bond motifs is 1. The molecule has 1 aliphatic carbocycles. The second-order valence-electron chi connectivity index (χ2n) is 11.6. The van der Waals surface area contributed by atoms with Gasteiger partial charge in [-0.05, 0) is 85.4 Å². The van der Waals surface area contributed by atoms with E-state index in [4.69, 9.17) is 4.74 Å². The number of benzene rings is 2. The zero-order valence-corrected chi connectivity index (χ0v) is 25.7. The Balaban J connectivity index is 1.37. The Morgan fingerprint density at radius 1 is 1.14 bits per heavy atom. The number of nitrogens with zero attached hydrogens (tertiary/aromatic N) is 1. The summed E-state index contributed by atoms with van der Waals surface area (Å²) >= 11 is 2.63. The number of rotatable bonds is 12. The van der Waals surface area contributed by atoms with Crippen molar-refractivity contribution in [2.45, 2.75) is 56.8 Å². The summed E-state index contributed by atoms with van der Waals surface area (Å²) in [6.45, 7) is 3.63. The molecule has 1 N–H and O–H groups in total. The standard InChI is InChI=1S/C34H35F2NO3S2/c1-33(2,39)26-10-5-4-8-23(26)12-15-27(41-21-34(17-18-34)20-29(38)40-3)24-9-6-7-22(19-24)11-13-25-14-16-28-31(37-25)30(35)32(36)42-28/h4-11,13-14,16,19,27,39H,12,15,17-18,20-21H2,1-3H3/b13-11+. The van der Waals surface area contributed by atoms with E-state index in [0.29, 0.717) is 16.8 Å². The maximum atomic E-state index is 14.1. The van der Waals surface area contributed by atoms with Gasteiger partial charge >= 0.3 is 5.97 Å². The lowest BCUT2D eigenvalue weighted by Gasteiger charge is -2.24. The number of aliphatic hydroxyl groups is 1.